The lowest BCUT2D eigenvalue weighted by Gasteiger charge is -2.45. The zero-order valence-corrected chi connectivity index (χ0v) is 11.8. The molecule has 1 N–H and O–H groups in total. The van der Waals surface area contributed by atoms with Crippen molar-refractivity contribution in [2.75, 3.05) is 32.7 Å². The lowest BCUT2D eigenvalue weighted by molar-refractivity contribution is 0.0631. The predicted molar refractivity (Wildman–Crippen MR) is 74.3 cm³/mol. The smallest absolute Gasteiger partial charge is 0.00502 e. The molecule has 2 nitrogen and oxygen atoms in total. The summed E-state index contributed by atoms with van der Waals surface area (Å²) >= 11 is 0. The first-order valence-corrected chi connectivity index (χ1v) is 7.63. The number of nitrogens with zero attached hydrogens (tertiary/aromatic N) is 1. The molecule has 100 valence electrons. The van der Waals surface area contributed by atoms with Gasteiger partial charge in [0.25, 0.3) is 0 Å². The molecule has 1 spiro atoms. The van der Waals surface area contributed by atoms with Crippen LogP contribution in [0.3, 0.4) is 0 Å². The first-order valence-electron chi connectivity index (χ1n) is 7.63. The molecule has 2 fully saturated rings. The molecule has 1 atom stereocenters. The topological polar surface area (TPSA) is 15.3 Å². The van der Waals surface area contributed by atoms with Crippen LogP contribution in [0.2, 0.25) is 0 Å². The van der Waals surface area contributed by atoms with Gasteiger partial charge in [0.15, 0.2) is 0 Å². The molecule has 2 rings (SSSR count). The molecule has 0 aromatic carbocycles. The summed E-state index contributed by atoms with van der Waals surface area (Å²) in [5.74, 6) is 0.866. The van der Waals surface area contributed by atoms with E-state index in [-0.39, 0.29) is 0 Å². The number of likely N-dealkylation sites (tertiary alicyclic amines) is 1. The third-order valence-electron chi connectivity index (χ3n) is 4.56. The van der Waals surface area contributed by atoms with E-state index in [4.69, 9.17) is 0 Å². The second kappa shape index (κ2) is 6.19. The number of piperidine rings is 2. The van der Waals surface area contributed by atoms with Gasteiger partial charge in [-0.05, 0) is 69.5 Å². The lowest BCUT2D eigenvalue weighted by Crippen LogP contribution is -2.51. The van der Waals surface area contributed by atoms with Crippen molar-refractivity contribution in [1.82, 2.24) is 10.2 Å². The molecule has 0 aliphatic carbocycles. The van der Waals surface area contributed by atoms with Crippen LogP contribution in [0.4, 0.5) is 0 Å². The molecule has 0 amide bonds. The molecule has 2 heteroatoms. The van der Waals surface area contributed by atoms with Crippen LogP contribution in [0, 0.1) is 11.3 Å². The van der Waals surface area contributed by atoms with Crippen LogP contribution in [0.5, 0.6) is 0 Å². The molecular weight excluding hydrogens is 208 g/mol. The van der Waals surface area contributed by atoms with Crippen LogP contribution in [0.25, 0.3) is 0 Å². The summed E-state index contributed by atoms with van der Waals surface area (Å²) in [4.78, 5) is 2.74. The predicted octanol–water partition coefficient (Wildman–Crippen LogP) is 2.89. The molecule has 0 radical (unpaired) electrons. The Kier molecular flexibility index (Phi) is 4.87. The van der Waals surface area contributed by atoms with Gasteiger partial charge in [-0.3, -0.25) is 0 Å². The highest BCUT2D eigenvalue weighted by molar-refractivity contribution is 4.91. The number of nitrogens with one attached hydrogen (secondary N) is 1. The van der Waals surface area contributed by atoms with Crippen molar-refractivity contribution in [2.24, 2.45) is 11.3 Å². The standard InChI is InChI=1S/C15H30N2/c1-14(2)6-3-10-17-11-5-8-15(13-17)7-4-9-16-12-15/h14,16H,3-13H2,1-2H3. The van der Waals surface area contributed by atoms with E-state index in [1.54, 1.807) is 0 Å². The van der Waals surface area contributed by atoms with Gasteiger partial charge in [0.05, 0.1) is 0 Å². The summed E-state index contributed by atoms with van der Waals surface area (Å²) in [6, 6.07) is 0. The summed E-state index contributed by atoms with van der Waals surface area (Å²) in [7, 11) is 0. The van der Waals surface area contributed by atoms with Gasteiger partial charge < -0.3 is 10.2 Å². The maximum absolute atomic E-state index is 3.61. The van der Waals surface area contributed by atoms with Crippen molar-refractivity contribution in [3.8, 4) is 0 Å². The Morgan fingerprint density at radius 1 is 1.24 bits per heavy atom. The minimum absolute atomic E-state index is 0.633. The van der Waals surface area contributed by atoms with Crippen molar-refractivity contribution in [1.29, 1.82) is 0 Å². The van der Waals surface area contributed by atoms with Crippen LogP contribution >= 0.6 is 0 Å². The van der Waals surface area contributed by atoms with E-state index in [9.17, 15) is 0 Å². The summed E-state index contributed by atoms with van der Waals surface area (Å²) < 4.78 is 0. The summed E-state index contributed by atoms with van der Waals surface area (Å²) in [5, 5.41) is 3.61. The highest BCUT2D eigenvalue weighted by Crippen LogP contribution is 2.35. The molecule has 2 aliphatic heterocycles. The van der Waals surface area contributed by atoms with Gasteiger partial charge in [0.1, 0.15) is 0 Å². The van der Waals surface area contributed by atoms with Gasteiger partial charge >= 0.3 is 0 Å². The Labute approximate surface area is 107 Å². The molecule has 17 heavy (non-hydrogen) atoms. The second-order valence-corrected chi connectivity index (χ2v) is 6.70. The minimum atomic E-state index is 0.633. The third kappa shape index (κ3) is 3.96. The quantitative estimate of drug-likeness (QED) is 0.810. The van der Waals surface area contributed by atoms with E-state index in [0.29, 0.717) is 5.41 Å². The average Bonchev–Trinajstić information content (AvgIpc) is 2.29. The van der Waals surface area contributed by atoms with Crippen LogP contribution in [-0.2, 0) is 0 Å². The monoisotopic (exact) mass is 238 g/mol. The van der Waals surface area contributed by atoms with E-state index < -0.39 is 0 Å². The molecule has 0 saturated carbocycles. The summed E-state index contributed by atoms with van der Waals surface area (Å²) in [6.45, 7) is 11.2. The first kappa shape index (κ1) is 13.4. The highest BCUT2D eigenvalue weighted by atomic mass is 15.1. The van der Waals surface area contributed by atoms with Gasteiger partial charge in [0, 0.05) is 13.1 Å². The Morgan fingerprint density at radius 2 is 2.06 bits per heavy atom. The van der Waals surface area contributed by atoms with Crippen LogP contribution in [0.15, 0.2) is 0 Å². The van der Waals surface area contributed by atoms with Gasteiger partial charge in [-0.1, -0.05) is 13.8 Å². The molecule has 1 unspecified atom stereocenters. The van der Waals surface area contributed by atoms with Gasteiger partial charge in [0.2, 0.25) is 0 Å². The number of hydrogen-bond donors (Lipinski definition) is 1. The van der Waals surface area contributed by atoms with Gasteiger partial charge in [-0.25, -0.2) is 0 Å². The highest BCUT2D eigenvalue weighted by Gasteiger charge is 2.36. The van der Waals surface area contributed by atoms with Gasteiger partial charge in [-0.2, -0.15) is 0 Å². The molecule has 2 heterocycles. The summed E-state index contributed by atoms with van der Waals surface area (Å²) in [6.07, 6.45) is 8.51. The minimum Gasteiger partial charge on any atom is -0.316 e. The van der Waals surface area contributed by atoms with Crippen molar-refractivity contribution in [2.45, 2.75) is 52.4 Å². The number of rotatable bonds is 4. The Hall–Kier alpha value is -0.0800. The molecule has 2 aliphatic rings. The molecule has 2 saturated heterocycles. The first-order chi connectivity index (χ1) is 8.20. The fourth-order valence-corrected chi connectivity index (χ4v) is 3.60. The normalized spacial score (nSPS) is 31.2. The van der Waals surface area contributed by atoms with E-state index in [0.717, 1.165) is 5.92 Å². The van der Waals surface area contributed by atoms with Crippen LogP contribution in [-0.4, -0.2) is 37.6 Å². The molecular formula is C15H30N2. The van der Waals surface area contributed by atoms with E-state index >= 15 is 0 Å². The largest absolute Gasteiger partial charge is 0.316 e. The van der Waals surface area contributed by atoms with Crippen molar-refractivity contribution < 1.29 is 0 Å². The van der Waals surface area contributed by atoms with Crippen molar-refractivity contribution in [3.05, 3.63) is 0 Å². The van der Waals surface area contributed by atoms with Crippen molar-refractivity contribution >= 4 is 0 Å². The fraction of sp³-hybridized carbons (Fsp3) is 1.00. The van der Waals surface area contributed by atoms with E-state index in [1.807, 2.05) is 0 Å². The van der Waals surface area contributed by atoms with Crippen LogP contribution in [0.1, 0.15) is 52.4 Å². The lowest BCUT2D eigenvalue weighted by atomic mass is 9.74. The summed E-state index contributed by atoms with van der Waals surface area (Å²) in [5.41, 5.74) is 0.633. The zero-order chi connectivity index (χ0) is 12.1. The average molecular weight is 238 g/mol. The van der Waals surface area contributed by atoms with Crippen molar-refractivity contribution in [3.63, 3.8) is 0 Å². The molecule has 0 bridgehead atoms. The second-order valence-electron chi connectivity index (χ2n) is 6.70. The maximum atomic E-state index is 3.61. The SMILES string of the molecule is CC(C)CCCN1CCCC2(CCCNC2)C1. The fourth-order valence-electron chi connectivity index (χ4n) is 3.60. The van der Waals surface area contributed by atoms with Gasteiger partial charge in [-0.15, -0.1) is 0 Å². The maximum Gasteiger partial charge on any atom is 0.00502 e. The Balaban J connectivity index is 1.76. The zero-order valence-electron chi connectivity index (χ0n) is 11.8. The van der Waals surface area contributed by atoms with Crippen LogP contribution < -0.4 is 5.32 Å². The number of hydrogen-bond acceptors (Lipinski definition) is 2. The van der Waals surface area contributed by atoms with E-state index in [1.165, 1.54) is 71.2 Å². The third-order valence-corrected chi connectivity index (χ3v) is 4.56. The Morgan fingerprint density at radius 3 is 2.76 bits per heavy atom. The van der Waals surface area contributed by atoms with E-state index in [2.05, 4.69) is 24.1 Å². The molecule has 0 aromatic rings. The Bertz CT molecular complexity index is 213. The molecule has 0 aromatic heterocycles.